The summed E-state index contributed by atoms with van der Waals surface area (Å²) in [5.74, 6) is -0.391. The number of benzene rings is 2. The first-order valence-electron chi connectivity index (χ1n) is 9.59. The van der Waals surface area contributed by atoms with Crippen LogP contribution in [-0.2, 0) is 11.2 Å². The maximum atomic E-state index is 12.9. The van der Waals surface area contributed by atoms with Crippen LogP contribution in [0.15, 0.2) is 79.1 Å². The first-order chi connectivity index (χ1) is 14.2. The molecule has 144 valence electrons. The lowest BCUT2D eigenvalue weighted by atomic mass is 9.73. The topological polar surface area (TPSA) is 77.2 Å². The van der Waals surface area contributed by atoms with Gasteiger partial charge < -0.3 is 10.0 Å². The second-order valence-corrected chi connectivity index (χ2v) is 7.14. The van der Waals surface area contributed by atoms with Crippen LogP contribution in [-0.4, -0.2) is 39.6 Å². The molecule has 29 heavy (non-hydrogen) atoms. The van der Waals surface area contributed by atoms with Gasteiger partial charge in [0.1, 0.15) is 6.04 Å². The second kappa shape index (κ2) is 8.26. The van der Waals surface area contributed by atoms with E-state index in [1.54, 1.807) is 24.5 Å². The molecule has 5 heteroatoms. The predicted octanol–water partition coefficient (Wildman–Crippen LogP) is 3.17. The van der Waals surface area contributed by atoms with Crippen LogP contribution in [0, 0.1) is 11.3 Å². The van der Waals surface area contributed by atoms with E-state index in [9.17, 15) is 15.2 Å². The van der Waals surface area contributed by atoms with Crippen molar-refractivity contribution in [2.45, 2.75) is 24.4 Å². The molecule has 3 aromatic rings. The Morgan fingerprint density at radius 3 is 2.41 bits per heavy atom. The Morgan fingerprint density at radius 1 is 1.03 bits per heavy atom. The third-order valence-corrected chi connectivity index (χ3v) is 5.53. The molecule has 2 aromatic carbocycles. The van der Waals surface area contributed by atoms with Crippen molar-refractivity contribution in [1.29, 1.82) is 5.26 Å². The molecule has 1 amide bonds. The van der Waals surface area contributed by atoms with Crippen molar-refractivity contribution < 1.29 is 9.90 Å². The van der Waals surface area contributed by atoms with Crippen molar-refractivity contribution in [3.8, 4) is 17.2 Å². The van der Waals surface area contributed by atoms with E-state index in [0.29, 0.717) is 0 Å². The molecule has 2 heterocycles. The van der Waals surface area contributed by atoms with Gasteiger partial charge in [-0.2, -0.15) is 5.26 Å². The molecule has 1 saturated heterocycles. The highest BCUT2D eigenvalue weighted by molar-refractivity contribution is 5.82. The number of pyridine rings is 1. The third-order valence-electron chi connectivity index (χ3n) is 5.53. The number of nitrogens with zero attached hydrogens (tertiary/aromatic N) is 3. The van der Waals surface area contributed by atoms with Crippen LogP contribution >= 0.6 is 0 Å². The standard InChI is InChI=1S/C24H21N3O2/c25-15-21-24(20-9-5-4-8-19(20)18-6-2-1-3-7-18)22(16-28)27(21)23(29)14-17-10-12-26-13-11-17/h1-13,21-22,24,28H,14,16H2/t21-,22-,24+/m1/s1. The Kier molecular flexibility index (Phi) is 5.37. The number of aromatic nitrogens is 1. The number of nitriles is 1. The van der Waals surface area contributed by atoms with Crippen LogP contribution in [0.2, 0.25) is 0 Å². The number of carbonyl (C=O) groups excluding carboxylic acids is 1. The molecule has 1 aliphatic rings. The summed E-state index contributed by atoms with van der Waals surface area (Å²) >= 11 is 0. The van der Waals surface area contributed by atoms with Crippen LogP contribution in [0.1, 0.15) is 17.0 Å². The lowest BCUT2D eigenvalue weighted by Gasteiger charge is -2.52. The number of likely N-dealkylation sites (tertiary alicyclic amines) is 1. The molecule has 4 rings (SSSR count). The number of aliphatic hydroxyl groups is 1. The number of hydrogen-bond acceptors (Lipinski definition) is 4. The van der Waals surface area contributed by atoms with Crippen molar-refractivity contribution in [2.75, 3.05) is 6.61 Å². The van der Waals surface area contributed by atoms with E-state index in [1.807, 2.05) is 54.6 Å². The van der Waals surface area contributed by atoms with E-state index in [4.69, 9.17) is 0 Å². The van der Waals surface area contributed by atoms with Gasteiger partial charge in [0, 0.05) is 18.3 Å². The maximum absolute atomic E-state index is 12.9. The first kappa shape index (κ1) is 18.9. The van der Waals surface area contributed by atoms with Gasteiger partial charge in [0.2, 0.25) is 5.91 Å². The van der Waals surface area contributed by atoms with E-state index in [1.165, 1.54) is 4.90 Å². The summed E-state index contributed by atoms with van der Waals surface area (Å²) in [6.45, 7) is -0.186. The molecule has 1 aliphatic heterocycles. The smallest absolute Gasteiger partial charge is 0.228 e. The number of carbonyl (C=O) groups is 1. The summed E-state index contributed by atoms with van der Waals surface area (Å²) in [6.07, 6.45) is 3.47. The highest BCUT2D eigenvalue weighted by Crippen LogP contribution is 2.44. The van der Waals surface area contributed by atoms with Crippen molar-refractivity contribution in [1.82, 2.24) is 9.88 Å². The summed E-state index contributed by atoms with van der Waals surface area (Å²) in [5.41, 5.74) is 3.90. The Hall–Kier alpha value is -3.49. The minimum absolute atomic E-state index is 0.157. The summed E-state index contributed by atoms with van der Waals surface area (Å²) < 4.78 is 0. The fourth-order valence-electron chi connectivity index (χ4n) is 4.16. The summed E-state index contributed by atoms with van der Waals surface area (Å²) in [6, 6.07) is 22.7. The molecule has 0 radical (unpaired) electrons. The van der Waals surface area contributed by atoms with Crippen LogP contribution < -0.4 is 0 Å². The molecule has 0 unspecified atom stereocenters. The molecule has 1 aromatic heterocycles. The minimum atomic E-state index is -0.605. The number of aliphatic hydroxyl groups excluding tert-OH is 1. The lowest BCUT2D eigenvalue weighted by Crippen LogP contribution is -2.65. The average Bonchev–Trinajstić information content (AvgIpc) is 2.75. The molecule has 1 N–H and O–H groups in total. The zero-order chi connectivity index (χ0) is 20.2. The van der Waals surface area contributed by atoms with E-state index < -0.39 is 12.1 Å². The fourth-order valence-corrected chi connectivity index (χ4v) is 4.16. The van der Waals surface area contributed by atoms with Crippen LogP contribution in [0.4, 0.5) is 0 Å². The fraction of sp³-hybridized carbons (Fsp3) is 0.208. The average molecular weight is 383 g/mol. The normalized spacial score (nSPS) is 20.6. The van der Waals surface area contributed by atoms with Crippen molar-refractivity contribution in [3.05, 3.63) is 90.3 Å². The van der Waals surface area contributed by atoms with Crippen molar-refractivity contribution >= 4 is 5.91 Å². The third kappa shape index (κ3) is 3.51. The molecule has 3 atom stereocenters. The Bertz CT molecular complexity index is 1030. The van der Waals surface area contributed by atoms with Crippen molar-refractivity contribution in [2.24, 2.45) is 0 Å². The van der Waals surface area contributed by atoms with E-state index in [0.717, 1.165) is 22.3 Å². The van der Waals surface area contributed by atoms with Gasteiger partial charge in [-0.05, 0) is 34.4 Å². The maximum Gasteiger partial charge on any atom is 0.228 e. The Labute approximate surface area is 169 Å². The molecule has 0 spiro atoms. The van der Waals surface area contributed by atoms with Crippen LogP contribution in [0.3, 0.4) is 0 Å². The van der Waals surface area contributed by atoms with Gasteiger partial charge in [0.25, 0.3) is 0 Å². The SMILES string of the molecule is N#C[C@@H]1[C@H](c2ccccc2-c2ccccc2)[C@@H](CO)N1C(=O)Cc1ccncc1. The summed E-state index contributed by atoms with van der Waals surface area (Å²) in [7, 11) is 0. The van der Waals surface area contributed by atoms with E-state index in [2.05, 4.69) is 11.1 Å². The monoisotopic (exact) mass is 383 g/mol. The van der Waals surface area contributed by atoms with Gasteiger partial charge >= 0.3 is 0 Å². The minimum Gasteiger partial charge on any atom is -0.394 e. The van der Waals surface area contributed by atoms with Gasteiger partial charge in [0.05, 0.1) is 25.1 Å². The highest BCUT2D eigenvalue weighted by Gasteiger charge is 2.51. The van der Waals surface area contributed by atoms with Gasteiger partial charge in [0.15, 0.2) is 0 Å². The molecule has 0 saturated carbocycles. The van der Waals surface area contributed by atoms with Crippen LogP contribution in [0.5, 0.6) is 0 Å². The molecular formula is C24H21N3O2. The largest absolute Gasteiger partial charge is 0.394 e. The number of rotatable bonds is 5. The quantitative estimate of drug-likeness (QED) is 0.734. The number of hydrogen-bond donors (Lipinski definition) is 1. The van der Waals surface area contributed by atoms with E-state index in [-0.39, 0.29) is 24.9 Å². The predicted molar refractivity (Wildman–Crippen MR) is 110 cm³/mol. The Balaban J connectivity index is 1.65. The molecule has 5 nitrogen and oxygen atoms in total. The van der Waals surface area contributed by atoms with Gasteiger partial charge in [-0.3, -0.25) is 9.78 Å². The van der Waals surface area contributed by atoms with E-state index >= 15 is 0 Å². The van der Waals surface area contributed by atoms with Gasteiger partial charge in [-0.1, -0.05) is 54.6 Å². The Morgan fingerprint density at radius 2 is 1.72 bits per heavy atom. The molecule has 1 fully saturated rings. The second-order valence-electron chi connectivity index (χ2n) is 7.14. The van der Waals surface area contributed by atoms with Crippen LogP contribution in [0.25, 0.3) is 11.1 Å². The zero-order valence-electron chi connectivity index (χ0n) is 15.8. The first-order valence-corrected chi connectivity index (χ1v) is 9.59. The summed E-state index contributed by atoms with van der Waals surface area (Å²) in [5, 5.41) is 19.9. The van der Waals surface area contributed by atoms with Gasteiger partial charge in [-0.25, -0.2) is 0 Å². The van der Waals surface area contributed by atoms with Gasteiger partial charge in [-0.15, -0.1) is 0 Å². The van der Waals surface area contributed by atoms with Crippen molar-refractivity contribution in [3.63, 3.8) is 0 Å². The number of amides is 1. The molecule has 0 aliphatic carbocycles. The zero-order valence-corrected chi connectivity index (χ0v) is 15.8. The molecule has 0 bridgehead atoms. The highest BCUT2D eigenvalue weighted by atomic mass is 16.3. The molecular weight excluding hydrogens is 362 g/mol. The lowest BCUT2D eigenvalue weighted by molar-refractivity contribution is -0.146. The summed E-state index contributed by atoms with van der Waals surface area (Å²) in [4.78, 5) is 18.4.